The molecule has 1 rings (SSSR count). The molecule has 0 spiro atoms. The second-order valence-electron chi connectivity index (χ2n) is 8.50. The predicted octanol–water partition coefficient (Wildman–Crippen LogP) is 1.40. The number of aliphatic hydroxyl groups is 1. The smallest absolute Gasteiger partial charge is 0.0682 e. The Morgan fingerprint density at radius 1 is 1.20 bits per heavy atom. The van der Waals surface area contributed by atoms with Crippen molar-refractivity contribution >= 4 is 0 Å². The molecule has 120 valence electrons. The van der Waals surface area contributed by atoms with Gasteiger partial charge in [0.25, 0.3) is 0 Å². The van der Waals surface area contributed by atoms with Crippen LogP contribution >= 0.6 is 0 Å². The summed E-state index contributed by atoms with van der Waals surface area (Å²) in [5.41, 5.74) is 0.368. The molecule has 2 unspecified atom stereocenters. The molecule has 4 nitrogen and oxygen atoms in total. The number of nitrogens with zero attached hydrogens (tertiary/aromatic N) is 2. The first-order valence-corrected chi connectivity index (χ1v) is 7.80. The van der Waals surface area contributed by atoms with Crippen LogP contribution in [0.25, 0.3) is 0 Å². The molecule has 0 aromatic rings. The monoisotopic (exact) mass is 285 g/mol. The highest BCUT2D eigenvalue weighted by Gasteiger charge is 2.34. The Labute approximate surface area is 125 Å². The van der Waals surface area contributed by atoms with E-state index in [2.05, 4.69) is 63.8 Å². The number of hydrogen-bond acceptors (Lipinski definition) is 4. The molecule has 1 fully saturated rings. The lowest BCUT2D eigenvalue weighted by Crippen LogP contribution is -2.48. The van der Waals surface area contributed by atoms with E-state index in [0.29, 0.717) is 6.04 Å². The van der Waals surface area contributed by atoms with Gasteiger partial charge in [0.1, 0.15) is 0 Å². The largest absolute Gasteiger partial charge is 0.392 e. The van der Waals surface area contributed by atoms with Gasteiger partial charge in [0, 0.05) is 37.8 Å². The Balaban J connectivity index is 2.55. The van der Waals surface area contributed by atoms with E-state index in [1.807, 2.05) is 0 Å². The molecule has 1 saturated heterocycles. The number of β-amino-alcohol motifs (C(OH)–C–C–N with tert-alkyl or cyclic N) is 1. The first-order chi connectivity index (χ1) is 8.98. The van der Waals surface area contributed by atoms with Crippen LogP contribution in [0, 0.1) is 5.41 Å². The van der Waals surface area contributed by atoms with Gasteiger partial charge in [-0.2, -0.15) is 0 Å². The third kappa shape index (κ3) is 6.53. The maximum absolute atomic E-state index is 9.96. The van der Waals surface area contributed by atoms with Crippen LogP contribution in [0.2, 0.25) is 0 Å². The SMILES string of the molecule is CN(C)CC1CC(O)CN1CC(C)(C)CNC(C)(C)C. The minimum atomic E-state index is -0.161. The van der Waals surface area contributed by atoms with Crippen molar-refractivity contribution in [1.29, 1.82) is 0 Å². The maximum atomic E-state index is 9.96. The third-order valence-electron chi connectivity index (χ3n) is 3.81. The van der Waals surface area contributed by atoms with Gasteiger partial charge in [0.2, 0.25) is 0 Å². The van der Waals surface area contributed by atoms with E-state index in [9.17, 15) is 5.11 Å². The van der Waals surface area contributed by atoms with Gasteiger partial charge in [-0.1, -0.05) is 13.8 Å². The molecule has 1 aliphatic heterocycles. The van der Waals surface area contributed by atoms with Crippen molar-refractivity contribution in [3.05, 3.63) is 0 Å². The maximum Gasteiger partial charge on any atom is 0.0682 e. The van der Waals surface area contributed by atoms with Gasteiger partial charge in [0.05, 0.1) is 6.10 Å². The molecule has 1 heterocycles. The van der Waals surface area contributed by atoms with Crippen LogP contribution in [0.1, 0.15) is 41.0 Å². The Morgan fingerprint density at radius 3 is 2.30 bits per heavy atom. The lowest BCUT2D eigenvalue weighted by molar-refractivity contribution is 0.126. The van der Waals surface area contributed by atoms with Crippen LogP contribution in [0.3, 0.4) is 0 Å². The van der Waals surface area contributed by atoms with E-state index in [1.165, 1.54) is 0 Å². The molecule has 1 aliphatic rings. The van der Waals surface area contributed by atoms with Gasteiger partial charge in [-0.25, -0.2) is 0 Å². The number of rotatable bonds is 6. The zero-order valence-electron chi connectivity index (χ0n) is 14.5. The molecule has 2 N–H and O–H groups in total. The van der Waals surface area contributed by atoms with Crippen LogP contribution in [0.5, 0.6) is 0 Å². The number of likely N-dealkylation sites (tertiary alicyclic amines) is 1. The minimum absolute atomic E-state index is 0.158. The van der Waals surface area contributed by atoms with Crippen molar-refractivity contribution in [3.8, 4) is 0 Å². The average molecular weight is 285 g/mol. The van der Waals surface area contributed by atoms with E-state index >= 15 is 0 Å². The Kier molecular flexibility index (Phi) is 6.02. The standard InChI is InChI=1S/C16H35N3O/c1-15(2,3)17-11-16(4,5)12-19-10-14(20)8-13(19)9-18(6)7/h13-14,17,20H,8-12H2,1-7H3. The van der Waals surface area contributed by atoms with Gasteiger partial charge in [0.15, 0.2) is 0 Å². The molecule has 0 aromatic heterocycles. The summed E-state index contributed by atoms with van der Waals surface area (Å²) >= 11 is 0. The summed E-state index contributed by atoms with van der Waals surface area (Å²) in [6.45, 7) is 15.1. The van der Waals surface area contributed by atoms with Gasteiger partial charge in [-0.15, -0.1) is 0 Å². The molecule has 0 aliphatic carbocycles. The molecule has 0 bridgehead atoms. The first kappa shape index (κ1) is 17.9. The quantitative estimate of drug-likeness (QED) is 0.774. The second kappa shape index (κ2) is 6.73. The fourth-order valence-corrected chi connectivity index (χ4v) is 2.87. The molecule has 0 amide bonds. The lowest BCUT2D eigenvalue weighted by atomic mass is 9.91. The van der Waals surface area contributed by atoms with Crippen molar-refractivity contribution in [2.45, 2.75) is 58.7 Å². The van der Waals surface area contributed by atoms with Crippen LogP contribution in [-0.2, 0) is 0 Å². The zero-order chi connectivity index (χ0) is 15.6. The fraction of sp³-hybridized carbons (Fsp3) is 1.00. The molecule has 0 aromatic carbocycles. The van der Waals surface area contributed by atoms with E-state index in [-0.39, 0.29) is 17.1 Å². The summed E-state index contributed by atoms with van der Waals surface area (Å²) in [6, 6.07) is 0.480. The third-order valence-corrected chi connectivity index (χ3v) is 3.81. The van der Waals surface area contributed by atoms with Gasteiger partial charge in [-0.3, -0.25) is 4.90 Å². The van der Waals surface area contributed by atoms with Crippen LogP contribution in [0.4, 0.5) is 0 Å². The highest BCUT2D eigenvalue weighted by Crippen LogP contribution is 2.25. The van der Waals surface area contributed by atoms with E-state index in [1.54, 1.807) is 0 Å². The predicted molar refractivity (Wildman–Crippen MR) is 86.1 cm³/mol. The first-order valence-electron chi connectivity index (χ1n) is 7.80. The Bertz CT molecular complexity index is 297. The number of aliphatic hydroxyl groups excluding tert-OH is 1. The summed E-state index contributed by atoms with van der Waals surface area (Å²) in [6.07, 6.45) is 0.743. The van der Waals surface area contributed by atoms with Crippen LogP contribution in [0.15, 0.2) is 0 Å². The molecule has 4 heteroatoms. The summed E-state index contributed by atoms with van der Waals surface area (Å²) < 4.78 is 0. The van der Waals surface area contributed by atoms with Crippen molar-refractivity contribution in [2.75, 3.05) is 40.3 Å². The van der Waals surface area contributed by atoms with Crippen molar-refractivity contribution in [1.82, 2.24) is 15.1 Å². The van der Waals surface area contributed by atoms with Crippen LogP contribution in [-0.4, -0.2) is 72.9 Å². The van der Waals surface area contributed by atoms with Crippen molar-refractivity contribution in [2.24, 2.45) is 5.41 Å². The Hall–Kier alpha value is -0.160. The van der Waals surface area contributed by atoms with Crippen molar-refractivity contribution < 1.29 is 5.11 Å². The van der Waals surface area contributed by atoms with Crippen molar-refractivity contribution in [3.63, 3.8) is 0 Å². The topological polar surface area (TPSA) is 38.7 Å². The normalized spacial score (nSPS) is 25.6. The zero-order valence-corrected chi connectivity index (χ0v) is 14.5. The molecular formula is C16H35N3O. The number of hydrogen-bond donors (Lipinski definition) is 2. The highest BCUT2D eigenvalue weighted by atomic mass is 16.3. The van der Waals surface area contributed by atoms with Crippen LogP contribution < -0.4 is 5.32 Å². The summed E-state index contributed by atoms with van der Waals surface area (Å²) in [4.78, 5) is 4.69. The lowest BCUT2D eigenvalue weighted by Gasteiger charge is -2.36. The molecule has 2 atom stereocenters. The minimum Gasteiger partial charge on any atom is -0.392 e. The molecule has 20 heavy (non-hydrogen) atoms. The number of likely N-dealkylation sites (N-methyl/N-ethyl adjacent to an activating group) is 1. The average Bonchev–Trinajstić information content (AvgIpc) is 2.53. The molecule has 0 saturated carbocycles. The fourth-order valence-electron chi connectivity index (χ4n) is 2.87. The number of nitrogens with one attached hydrogen (secondary N) is 1. The van der Waals surface area contributed by atoms with Gasteiger partial charge >= 0.3 is 0 Å². The molecule has 0 radical (unpaired) electrons. The van der Waals surface area contributed by atoms with E-state index in [0.717, 1.165) is 32.6 Å². The Morgan fingerprint density at radius 2 is 1.80 bits per heavy atom. The van der Waals surface area contributed by atoms with Gasteiger partial charge < -0.3 is 15.3 Å². The van der Waals surface area contributed by atoms with E-state index < -0.39 is 0 Å². The second-order valence-corrected chi connectivity index (χ2v) is 8.50. The summed E-state index contributed by atoms with van der Waals surface area (Å²) in [7, 11) is 4.21. The summed E-state index contributed by atoms with van der Waals surface area (Å²) in [5.74, 6) is 0. The highest BCUT2D eigenvalue weighted by molar-refractivity contribution is 4.90. The van der Waals surface area contributed by atoms with E-state index in [4.69, 9.17) is 0 Å². The molecular weight excluding hydrogens is 250 g/mol. The summed E-state index contributed by atoms with van der Waals surface area (Å²) in [5, 5.41) is 13.6. The van der Waals surface area contributed by atoms with Gasteiger partial charge in [-0.05, 0) is 46.7 Å².